The van der Waals surface area contributed by atoms with Gasteiger partial charge in [0.1, 0.15) is 0 Å². The normalized spacial score (nSPS) is 19.0. The first-order chi connectivity index (χ1) is 9.70. The zero-order valence-electron chi connectivity index (χ0n) is 12.5. The van der Waals surface area contributed by atoms with Crippen LogP contribution in [0.2, 0.25) is 5.02 Å². The largest absolute Gasteiger partial charge is 0.329 e. The lowest BCUT2D eigenvalue weighted by atomic mass is 9.90. The van der Waals surface area contributed by atoms with Crippen LogP contribution in [0.25, 0.3) is 0 Å². The average molecular weight is 295 g/mol. The highest BCUT2D eigenvalue weighted by atomic mass is 35.5. The van der Waals surface area contributed by atoms with Gasteiger partial charge in [0.25, 0.3) is 0 Å². The fraction of sp³-hybridized carbons (Fsp3) is 0.647. The van der Waals surface area contributed by atoms with Crippen LogP contribution < -0.4 is 5.73 Å². The minimum absolute atomic E-state index is 0.493. The minimum Gasteiger partial charge on any atom is -0.329 e. The quantitative estimate of drug-likeness (QED) is 0.830. The Hall–Kier alpha value is -0.570. The molecule has 2 N–H and O–H groups in total. The van der Waals surface area contributed by atoms with Gasteiger partial charge in [0.15, 0.2) is 0 Å². The summed E-state index contributed by atoms with van der Waals surface area (Å²) in [6, 6.07) is 8.64. The van der Waals surface area contributed by atoms with Crippen LogP contribution >= 0.6 is 11.6 Å². The van der Waals surface area contributed by atoms with Gasteiger partial charge in [-0.25, -0.2) is 0 Å². The van der Waals surface area contributed by atoms with Crippen molar-refractivity contribution in [2.75, 3.05) is 13.6 Å². The van der Waals surface area contributed by atoms with E-state index in [4.69, 9.17) is 17.3 Å². The lowest BCUT2D eigenvalue weighted by molar-refractivity contribution is 0.160. The van der Waals surface area contributed by atoms with Crippen molar-refractivity contribution in [3.8, 4) is 0 Å². The van der Waals surface area contributed by atoms with E-state index in [9.17, 15) is 0 Å². The number of nitrogens with zero attached hydrogens (tertiary/aromatic N) is 1. The highest BCUT2D eigenvalue weighted by Gasteiger charge is 2.24. The molecule has 0 heterocycles. The van der Waals surface area contributed by atoms with Gasteiger partial charge in [-0.2, -0.15) is 0 Å². The molecule has 1 unspecified atom stereocenters. The highest BCUT2D eigenvalue weighted by Crippen LogP contribution is 2.28. The van der Waals surface area contributed by atoms with Gasteiger partial charge in [0.2, 0.25) is 0 Å². The summed E-state index contributed by atoms with van der Waals surface area (Å²) >= 11 is 6.07. The molecule has 1 aromatic carbocycles. The van der Waals surface area contributed by atoms with E-state index in [2.05, 4.69) is 24.1 Å². The van der Waals surface area contributed by atoms with Gasteiger partial charge in [-0.3, -0.25) is 4.90 Å². The molecule has 112 valence electrons. The Morgan fingerprint density at radius 2 is 1.95 bits per heavy atom. The molecule has 1 fully saturated rings. The maximum absolute atomic E-state index is 6.07. The molecule has 0 spiro atoms. The monoisotopic (exact) mass is 294 g/mol. The summed E-state index contributed by atoms with van der Waals surface area (Å²) in [7, 11) is 2.20. The van der Waals surface area contributed by atoms with Crippen LogP contribution in [0.15, 0.2) is 24.3 Å². The Balaban J connectivity index is 1.98. The van der Waals surface area contributed by atoms with E-state index in [-0.39, 0.29) is 0 Å². The van der Waals surface area contributed by atoms with E-state index in [1.54, 1.807) is 0 Å². The molecule has 0 aliphatic heterocycles. The molecule has 20 heavy (non-hydrogen) atoms. The summed E-state index contributed by atoms with van der Waals surface area (Å²) in [5, 5.41) is 0.815. The van der Waals surface area contributed by atoms with E-state index in [0.29, 0.717) is 6.04 Å². The zero-order chi connectivity index (χ0) is 14.4. The van der Waals surface area contributed by atoms with Crippen molar-refractivity contribution in [3.63, 3.8) is 0 Å². The Bertz CT molecular complexity index is 400. The van der Waals surface area contributed by atoms with Crippen molar-refractivity contribution >= 4 is 11.6 Å². The molecule has 1 aliphatic carbocycles. The maximum Gasteiger partial charge on any atom is 0.0409 e. The van der Waals surface area contributed by atoms with Gasteiger partial charge in [-0.05, 0) is 43.5 Å². The van der Waals surface area contributed by atoms with Crippen molar-refractivity contribution in [2.45, 2.75) is 51.1 Å². The predicted octanol–water partition coefficient (Wildman–Crippen LogP) is 4.07. The standard InChI is InChI=1S/C17H27ClN2/c1-20(13-14-7-6-10-16(18)11-14)17(12-19)15-8-4-2-3-5-9-15/h6-7,10-11,15,17H,2-5,8-9,12-13,19H2,1H3. The van der Waals surface area contributed by atoms with Crippen LogP contribution in [0.4, 0.5) is 0 Å². The third-order valence-corrected chi connectivity index (χ3v) is 4.81. The third kappa shape index (κ3) is 4.47. The molecule has 0 radical (unpaired) electrons. The Morgan fingerprint density at radius 1 is 1.25 bits per heavy atom. The number of hydrogen-bond acceptors (Lipinski definition) is 2. The molecule has 1 atom stereocenters. The number of hydrogen-bond donors (Lipinski definition) is 1. The number of rotatable bonds is 5. The molecule has 0 aromatic heterocycles. The first-order valence-electron chi connectivity index (χ1n) is 7.85. The van der Waals surface area contributed by atoms with Gasteiger partial charge in [-0.1, -0.05) is 49.4 Å². The van der Waals surface area contributed by atoms with Crippen molar-refractivity contribution in [2.24, 2.45) is 11.7 Å². The summed E-state index contributed by atoms with van der Waals surface area (Å²) in [6.45, 7) is 1.68. The second kappa shape index (κ2) is 8.02. The van der Waals surface area contributed by atoms with Crippen LogP contribution in [-0.4, -0.2) is 24.5 Å². The molecule has 0 bridgehead atoms. The van der Waals surface area contributed by atoms with Gasteiger partial charge < -0.3 is 5.73 Å². The van der Waals surface area contributed by atoms with Gasteiger partial charge >= 0.3 is 0 Å². The molecule has 2 nitrogen and oxygen atoms in total. The Kier molecular flexibility index (Phi) is 6.34. The van der Waals surface area contributed by atoms with Gasteiger partial charge in [-0.15, -0.1) is 0 Å². The topological polar surface area (TPSA) is 29.3 Å². The molecule has 1 aliphatic rings. The first-order valence-corrected chi connectivity index (χ1v) is 8.23. The summed E-state index contributed by atoms with van der Waals surface area (Å²) in [5.74, 6) is 0.756. The van der Waals surface area contributed by atoms with Crippen LogP contribution in [0, 0.1) is 5.92 Å². The van der Waals surface area contributed by atoms with Crippen molar-refractivity contribution in [1.82, 2.24) is 4.90 Å². The molecular weight excluding hydrogens is 268 g/mol. The van der Waals surface area contributed by atoms with Crippen molar-refractivity contribution in [3.05, 3.63) is 34.9 Å². The SMILES string of the molecule is CN(Cc1cccc(Cl)c1)C(CN)C1CCCCCC1. The van der Waals surface area contributed by atoms with Crippen molar-refractivity contribution < 1.29 is 0 Å². The second-order valence-corrected chi connectivity index (χ2v) is 6.54. The summed E-state index contributed by atoms with van der Waals surface area (Å²) < 4.78 is 0. The van der Waals surface area contributed by atoms with Crippen molar-refractivity contribution in [1.29, 1.82) is 0 Å². The second-order valence-electron chi connectivity index (χ2n) is 6.10. The molecule has 0 saturated heterocycles. The minimum atomic E-state index is 0.493. The molecular formula is C17H27ClN2. The fourth-order valence-electron chi connectivity index (χ4n) is 3.47. The van der Waals surface area contributed by atoms with Gasteiger partial charge in [0, 0.05) is 24.2 Å². The summed E-state index contributed by atoms with van der Waals surface area (Å²) in [6.07, 6.45) is 8.19. The van der Waals surface area contributed by atoms with Gasteiger partial charge in [0.05, 0.1) is 0 Å². The molecule has 1 saturated carbocycles. The maximum atomic E-state index is 6.07. The summed E-state index contributed by atoms with van der Waals surface area (Å²) in [5.41, 5.74) is 7.34. The predicted molar refractivity (Wildman–Crippen MR) is 87.0 cm³/mol. The molecule has 3 heteroatoms. The van der Waals surface area contributed by atoms with E-state index in [0.717, 1.165) is 24.0 Å². The molecule has 2 rings (SSSR count). The lowest BCUT2D eigenvalue weighted by Crippen LogP contribution is -2.43. The average Bonchev–Trinajstić information content (AvgIpc) is 2.69. The fourth-order valence-corrected chi connectivity index (χ4v) is 3.68. The van der Waals surface area contributed by atoms with Crippen LogP contribution in [0.1, 0.15) is 44.1 Å². The van der Waals surface area contributed by atoms with Crippen LogP contribution in [0.5, 0.6) is 0 Å². The highest BCUT2D eigenvalue weighted by molar-refractivity contribution is 6.30. The molecule has 0 amide bonds. The smallest absolute Gasteiger partial charge is 0.0409 e. The van der Waals surface area contributed by atoms with Crippen LogP contribution in [-0.2, 0) is 6.54 Å². The molecule has 1 aromatic rings. The number of halogens is 1. The van der Waals surface area contributed by atoms with E-state index < -0.39 is 0 Å². The lowest BCUT2D eigenvalue weighted by Gasteiger charge is -2.33. The number of benzene rings is 1. The Morgan fingerprint density at radius 3 is 2.55 bits per heavy atom. The van der Waals surface area contributed by atoms with E-state index in [1.165, 1.54) is 44.1 Å². The van der Waals surface area contributed by atoms with E-state index >= 15 is 0 Å². The summed E-state index contributed by atoms with van der Waals surface area (Å²) in [4.78, 5) is 2.42. The number of likely N-dealkylation sites (N-methyl/N-ethyl adjacent to an activating group) is 1. The number of nitrogens with two attached hydrogens (primary N) is 1. The first kappa shape index (κ1) is 15.8. The third-order valence-electron chi connectivity index (χ3n) is 4.57. The van der Waals surface area contributed by atoms with Crippen LogP contribution in [0.3, 0.4) is 0 Å². The Labute approximate surface area is 128 Å². The van der Waals surface area contributed by atoms with E-state index in [1.807, 2.05) is 12.1 Å². The zero-order valence-corrected chi connectivity index (χ0v) is 13.3.